The third-order valence-corrected chi connectivity index (χ3v) is 2.58. The molecular formula is C9H18N2O2. The van der Waals surface area contributed by atoms with Crippen molar-refractivity contribution in [3.8, 4) is 0 Å². The Morgan fingerprint density at radius 1 is 1.77 bits per heavy atom. The second kappa shape index (κ2) is 4.58. The summed E-state index contributed by atoms with van der Waals surface area (Å²) in [6, 6.07) is -0.199. The third-order valence-electron chi connectivity index (χ3n) is 2.58. The van der Waals surface area contributed by atoms with Gasteiger partial charge < -0.3 is 10.8 Å². The van der Waals surface area contributed by atoms with Gasteiger partial charge >= 0.3 is 0 Å². The number of β-amino-alcohol motifs (C(OH)–C–C–N with tert-alkyl or cyclic N) is 1. The number of amides is 1. The van der Waals surface area contributed by atoms with Crippen LogP contribution in [0.3, 0.4) is 0 Å². The second-order valence-electron chi connectivity index (χ2n) is 3.62. The Morgan fingerprint density at radius 2 is 2.46 bits per heavy atom. The van der Waals surface area contributed by atoms with Crippen molar-refractivity contribution >= 4 is 5.91 Å². The molecule has 76 valence electrons. The van der Waals surface area contributed by atoms with Crippen molar-refractivity contribution in [3.05, 3.63) is 0 Å². The van der Waals surface area contributed by atoms with Crippen LogP contribution in [0.2, 0.25) is 0 Å². The molecule has 0 aromatic heterocycles. The van der Waals surface area contributed by atoms with Gasteiger partial charge in [0.1, 0.15) is 0 Å². The van der Waals surface area contributed by atoms with Crippen LogP contribution in [0, 0.1) is 0 Å². The first-order valence-electron chi connectivity index (χ1n) is 4.86. The summed E-state index contributed by atoms with van der Waals surface area (Å²) in [4.78, 5) is 13.0. The van der Waals surface area contributed by atoms with Crippen LogP contribution < -0.4 is 5.73 Å². The number of likely N-dealkylation sites (tertiary alicyclic amines) is 1. The number of hydrogen-bond donors (Lipinski definition) is 2. The minimum absolute atomic E-state index is 0.199. The van der Waals surface area contributed by atoms with Gasteiger partial charge in [0.2, 0.25) is 5.91 Å². The number of primary amides is 1. The lowest BCUT2D eigenvalue weighted by molar-refractivity contribution is -0.124. The Labute approximate surface area is 78.7 Å². The number of aliphatic hydroxyl groups is 1. The Bertz CT molecular complexity index is 184. The summed E-state index contributed by atoms with van der Waals surface area (Å²) in [5, 5.41) is 9.41. The van der Waals surface area contributed by atoms with Crippen LogP contribution in [0.25, 0.3) is 0 Å². The van der Waals surface area contributed by atoms with Crippen LogP contribution in [-0.2, 0) is 4.79 Å². The van der Waals surface area contributed by atoms with E-state index in [4.69, 9.17) is 5.73 Å². The topological polar surface area (TPSA) is 66.6 Å². The third kappa shape index (κ3) is 2.67. The largest absolute Gasteiger partial charge is 0.392 e. The lowest BCUT2D eigenvalue weighted by Gasteiger charge is -2.34. The number of nitrogens with two attached hydrogens (primary N) is 1. The highest BCUT2D eigenvalue weighted by Gasteiger charge is 2.26. The fourth-order valence-corrected chi connectivity index (χ4v) is 1.91. The predicted molar refractivity (Wildman–Crippen MR) is 50.1 cm³/mol. The molecule has 1 aliphatic rings. The second-order valence-corrected chi connectivity index (χ2v) is 3.62. The maximum Gasteiger partial charge on any atom is 0.234 e. The summed E-state index contributed by atoms with van der Waals surface area (Å²) in [6.45, 7) is 3.40. The number of carbonyl (C=O) groups is 1. The van der Waals surface area contributed by atoms with Gasteiger partial charge in [-0.25, -0.2) is 0 Å². The molecule has 1 aliphatic heterocycles. The number of rotatable bonds is 3. The van der Waals surface area contributed by atoms with Crippen LogP contribution >= 0.6 is 0 Å². The molecule has 0 aliphatic carbocycles. The number of aliphatic hydroxyl groups excluding tert-OH is 1. The summed E-state index contributed by atoms with van der Waals surface area (Å²) in [5.74, 6) is -0.281. The molecule has 1 heterocycles. The molecule has 1 saturated heterocycles. The van der Waals surface area contributed by atoms with Gasteiger partial charge in [0.25, 0.3) is 0 Å². The number of nitrogens with zero attached hydrogens (tertiary/aromatic N) is 1. The highest BCUT2D eigenvalue weighted by atomic mass is 16.3. The number of hydrogen-bond acceptors (Lipinski definition) is 3. The molecular weight excluding hydrogens is 168 g/mol. The average Bonchev–Trinajstić information content (AvgIpc) is 2.04. The molecule has 3 N–H and O–H groups in total. The summed E-state index contributed by atoms with van der Waals surface area (Å²) < 4.78 is 0. The molecule has 2 unspecified atom stereocenters. The van der Waals surface area contributed by atoms with E-state index in [-0.39, 0.29) is 18.1 Å². The Kier molecular flexibility index (Phi) is 3.69. The average molecular weight is 186 g/mol. The van der Waals surface area contributed by atoms with Crippen molar-refractivity contribution in [2.45, 2.75) is 38.3 Å². The van der Waals surface area contributed by atoms with E-state index in [0.29, 0.717) is 6.54 Å². The predicted octanol–water partition coefficient (Wildman–Crippen LogP) is -0.293. The fraction of sp³-hybridized carbons (Fsp3) is 0.889. The molecule has 4 nitrogen and oxygen atoms in total. The van der Waals surface area contributed by atoms with Gasteiger partial charge in [0.05, 0.1) is 12.1 Å². The zero-order chi connectivity index (χ0) is 9.84. The van der Waals surface area contributed by atoms with Crippen LogP contribution in [0.15, 0.2) is 0 Å². The highest BCUT2D eigenvalue weighted by molar-refractivity contribution is 5.79. The quantitative estimate of drug-likeness (QED) is 0.636. The van der Waals surface area contributed by atoms with Gasteiger partial charge in [-0.2, -0.15) is 0 Å². The molecule has 1 amide bonds. The molecule has 0 aromatic rings. The standard InChI is InChI=1S/C9H18N2O2/c1-2-8(9(10)13)11-5-3-4-7(12)6-11/h7-8,12H,2-6H2,1H3,(H2,10,13). The van der Waals surface area contributed by atoms with E-state index in [9.17, 15) is 9.90 Å². The van der Waals surface area contributed by atoms with Crippen molar-refractivity contribution in [2.24, 2.45) is 5.73 Å². The smallest absolute Gasteiger partial charge is 0.234 e. The molecule has 0 spiro atoms. The molecule has 13 heavy (non-hydrogen) atoms. The summed E-state index contributed by atoms with van der Waals surface area (Å²) in [6.07, 6.45) is 2.22. The van der Waals surface area contributed by atoms with E-state index in [2.05, 4.69) is 0 Å². The minimum Gasteiger partial charge on any atom is -0.392 e. The lowest BCUT2D eigenvalue weighted by atomic mass is 10.0. The zero-order valence-electron chi connectivity index (χ0n) is 8.07. The molecule has 1 fully saturated rings. The maximum atomic E-state index is 11.0. The SMILES string of the molecule is CCC(C(N)=O)N1CCCC(O)C1. The van der Waals surface area contributed by atoms with Gasteiger partial charge in [-0.3, -0.25) is 9.69 Å². The zero-order valence-corrected chi connectivity index (χ0v) is 8.07. The molecule has 0 bridgehead atoms. The van der Waals surface area contributed by atoms with Crippen LogP contribution in [0.1, 0.15) is 26.2 Å². The Balaban J connectivity index is 2.52. The van der Waals surface area contributed by atoms with Crippen molar-refractivity contribution < 1.29 is 9.90 Å². The first-order valence-corrected chi connectivity index (χ1v) is 4.86. The van der Waals surface area contributed by atoms with E-state index < -0.39 is 0 Å². The molecule has 0 aromatic carbocycles. The number of piperidine rings is 1. The van der Waals surface area contributed by atoms with E-state index in [1.165, 1.54) is 0 Å². The monoisotopic (exact) mass is 186 g/mol. The van der Waals surface area contributed by atoms with Crippen LogP contribution in [0.4, 0.5) is 0 Å². The van der Waals surface area contributed by atoms with Gasteiger partial charge in [-0.05, 0) is 25.8 Å². The normalized spacial score (nSPS) is 27.1. The minimum atomic E-state index is -0.290. The van der Waals surface area contributed by atoms with Gasteiger partial charge in [0.15, 0.2) is 0 Å². The Hall–Kier alpha value is -0.610. The first-order chi connectivity index (χ1) is 6.15. The van der Waals surface area contributed by atoms with Crippen molar-refractivity contribution in [2.75, 3.05) is 13.1 Å². The molecule has 1 rings (SSSR count). The maximum absolute atomic E-state index is 11.0. The van der Waals surface area contributed by atoms with Gasteiger partial charge in [-0.15, -0.1) is 0 Å². The molecule has 0 saturated carbocycles. The summed E-state index contributed by atoms with van der Waals surface area (Å²) in [7, 11) is 0. The van der Waals surface area contributed by atoms with Gasteiger partial charge in [-0.1, -0.05) is 6.92 Å². The highest BCUT2D eigenvalue weighted by Crippen LogP contribution is 2.14. The fourth-order valence-electron chi connectivity index (χ4n) is 1.91. The molecule has 4 heteroatoms. The van der Waals surface area contributed by atoms with E-state index in [0.717, 1.165) is 25.8 Å². The van der Waals surface area contributed by atoms with Crippen LogP contribution in [-0.4, -0.2) is 41.1 Å². The van der Waals surface area contributed by atoms with E-state index in [1.807, 2.05) is 11.8 Å². The van der Waals surface area contributed by atoms with E-state index in [1.54, 1.807) is 0 Å². The number of carbonyl (C=O) groups excluding carboxylic acids is 1. The van der Waals surface area contributed by atoms with E-state index >= 15 is 0 Å². The first kappa shape index (κ1) is 10.5. The Morgan fingerprint density at radius 3 is 2.92 bits per heavy atom. The van der Waals surface area contributed by atoms with Crippen molar-refractivity contribution in [3.63, 3.8) is 0 Å². The molecule has 2 atom stereocenters. The summed E-state index contributed by atoms with van der Waals surface area (Å²) >= 11 is 0. The van der Waals surface area contributed by atoms with Crippen LogP contribution in [0.5, 0.6) is 0 Å². The lowest BCUT2D eigenvalue weighted by Crippen LogP contribution is -2.50. The van der Waals surface area contributed by atoms with Crippen molar-refractivity contribution in [1.82, 2.24) is 4.90 Å². The van der Waals surface area contributed by atoms with Gasteiger partial charge in [0, 0.05) is 6.54 Å². The summed E-state index contributed by atoms with van der Waals surface area (Å²) in [5.41, 5.74) is 5.26. The van der Waals surface area contributed by atoms with Crippen molar-refractivity contribution in [1.29, 1.82) is 0 Å². The molecule has 0 radical (unpaired) electrons.